The molecular formula is C109H66N8. The second-order valence-corrected chi connectivity index (χ2v) is 30.9. The van der Waals surface area contributed by atoms with Gasteiger partial charge >= 0.3 is 0 Å². The van der Waals surface area contributed by atoms with Crippen LogP contribution in [0, 0.1) is 6.57 Å². The molecule has 0 radical (unpaired) electrons. The Morgan fingerprint density at radius 2 is 0.368 bits per heavy atom. The van der Waals surface area contributed by atoms with Gasteiger partial charge < -0.3 is 32.0 Å². The van der Waals surface area contributed by atoms with E-state index in [-0.39, 0.29) is 0 Å². The van der Waals surface area contributed by atoms with Crippen LogP contribution in [0.2, 0.25) is 0 Å². The number of rotatable bonds is 10. The first-order valence-corrected chi connectivity index (χ1v) is 40.0. The summed E-state index contributed by atoms with van der Waals surface area (Å²) in [6, 6.07) is 148. The second-order valence-electron chi connectivity index (χ2n) is 30.9. The fourth-order valence-electron chi connectivity index (χ4n) is 20.1. The summed E-state index contributed by atoms with van der Waals surface area (Å²) in [4.78, 5) is 4.34. The summed E-state index contributed by atoms with van der Waals surface area (Å²) in [5, 5.41) is 15.9. The SMILES string of the molecule is [C-]#[N+]c1cccc(-c2c(-n3c4ccccc4c4ccccc43)c(-n3c4ccccc4c4ccccc43)c(-n3c4ccc(-c5ccc6c(c5)c5ccccc5n6-c5ccccc5)cc4c4cc(-c5ccc6c(c5)c5ccccc5n6-c5ccccc5)ccc43)c(-n3c4ccccc4c4ccccc43)c2-n2c3ccccc3c3ccccc32)c1. The van der Waals surface area contributed by atoms with Crippen LogP contribution in [0.4, 0.5) is 5.69 Å². The van der Waals surface area contributed by atoms with Crippen molar-refractivity contribution < 1.29 is 0 Å². The van der Waals surface area contributed by atoms with Gasteiger partial charge in [0.25, 0.3) is 0 Å². The first-order chi connectivity index (χ1) is 58.1. The lowest BCUT2D eigenvalue weighted by atomic mass is 9.94. The highest BCUT2D eigenvalue weighted by Crippen LogP contribution is 2.56. The summed E-state index contributed by atoms with van der Waals surface area (Å²) < 4.78 is 17.9. The van der Waals surface area contributed by atoms with Gasteiger partial charge in [0, 0.05) is 92.3 Å². The Morgan fingerprint density at radius 1 is 0.154 bits per heavy atom. The van der Waals surface area contributed by atoms with E-state index < -0.39 is 0 Å². The van der Waals surface area contributed by atoms with E-state index in [1.54, 1.807) is 0 Å². The average molecular weight is 1490 g/mol. The molecule has 0 N–H and O–H groups in total. The van der Waals surface area contributed by atoms with E-state index >= 15 is 0 Å². The second kappa shape index (κ2) is 25.0. The van der Waals surface area contributed by atoms with Gasteiger partial charge in [0.2, 0.25) is 0 Å². The standard InChI is InChI=1S/C109H66N8/c1-110-73-30-28-29-72(63-73)104-105(113-92-47-20-8-35-76(92)77-36-9-21-48-93(77)113)107(115-96-51-24-12-39-80(96)81-40-13-25-52-97(81)115)109(108(116-98-53-26-14-41-82(98)83-42-15-27-54-99(83)116)106(104)114-94-49-22-10-37-78(94)79-38-11-23-50-95(79)114)117-102-61-57-70(68-55-59-100-86(64-68)84-43-16-18-45-90(84)111(100)74-31-4-2-5-32-74)66-88(102)89-67-71(58-62-103(89)117)69-56-60-101-87(65-69)85-44-17-19-46-91(85)112(101)75-33-6-3-7-34-75/h2-67H. The molecule has 0 atom stereocenters. The van der Waals surface area contributed by atoms with Crippen molar-refractivity contribution in [2.24, 2.45) is 0 Å². The summed E-state index contributed by atoms with van der Waals surface area (Å²) in [6.45, 7) is 9.02. The highest BCUT2D eigenvalue weighted by atomic mass is 15.2. The normalized spacial score (nSPS) is 12.1. The molecule has 0 aliphatic rings. The van der Waals surface area contributed by atoms with Gasteiger partial charge in [-0.05, 0) is 167 Å². The predicted molar refractivity (Wildman–Crippen MR) is 489 cm³/mol. The molecule has 0 fully saturated rings. The Balaban J connectivity index is 0.927. The van der Waals surface area contributed by atoms with E-state index in [9.17, 15) is 0 Å². The number of nitrogens with zero attached hydrogens (tertiary/aromatic N) is 8. The molecule has 0 aliphatic heterocycles. The highest BCUT2D eigenvalue weighted by molar-refractivity contribution is 6.21. The van der Waals surface area contributed by atoms with Crippen LogP contribution in [0.1, 0.15) is 0 Å². The van der Waals surface area contributed by atoms with Gasteiger partial charge in [-0.2, -0.15) is 0 Å². The minimum Gasteiger partial charge on any atom is -0.309 e. The average Bonchev–Trinajstić information content (AvgIpc) is 1.54. The summed E-state index contributed by atoms with van der Waals surface area (Å²) in [5.74, 6) is 0. The fraction of sp³-hybridized carbons (Fsp3) is 0. The van der Waals surface area contributed by atoms with Gasteiger partial charge in [-0.3, -0.25) is 0 Å². The van der Waals surface area contributed by atoms with Crippen LogP contribution in [0.3, 0.4) is 0 Å². The van der Waals surface area contributed by atoms with E-state index in [2.05, 4.69) is 431 Å². The van der Waals surface area contributed by atoms with Crippen molar-refractivity contribution in [1.82, 2.24) is 32.0 Å². The monoisotopic (exact) mass is 1490 g/mol. The lowest BCUT2D eigenvalue weighted by Gasteiger charge is -2.32. The third-order valence-electron chi connectivity index (χ3n) is 24.9. The third-order valence-corrected chi connectivity index (χ3v) is 24.9. The van der Waals surface area contributed by atoms with Gasteiger partial charge in [-0.25, -0.2) is 4.85 Å². The Hall–Kier alpha value is -16.0. The summed E-state index contributed by atoms with van der Waals surface area (Å²) >= 11 is 0. The Labute approximate surface area is 670 Å². The van der Waals surface area contributed by atoms with Crippen LogP contribution in [0.15, 0.2) is 400 Å². The lowest BCUT2D eigenvalue weighted by molar-refractivity contribution is 1.00. The van der Waals surface area contributed by atoms with E-state index in [1.807, 2.05) is 6.07 Å². The zero-order chi connectivity index (χ0) is 76.7. The van der Waals surface area contributed by atoms with Crippen molar-refractivity contribution >= 4 is 158 Å². The Bertz CT molecular complexity index is 7920. The van der Waals surface area contributed by atoms with Crippen LogP contribution < -0.4 is 0 Å². The molecule has 0 spiro atoms. The number of para-hydroxylation sites is 12. The quantitative estimate of drug-likeness (QED) is 0.122. The predicted octanol–water partition coefficient (Wildman–Crippen LogP) is 28.9. The van der Waals surface area contributed by atoms with Crippen LogP contribution in [0.5, 0.6) is 0 Å². The summed E-state index contributed by atoms with van der Waals surface area (Å²) in [7, 11) is 0. The molecule has 0 aliphatic carbocycles. The number of fused-ring (bicyclic) bond motifs is 21. The van der Waals surface area contributed by atoms with Crippen LogP contribution in [0.25, 0.3) is 231 Å². The molecule has 0 saturated carbocycles. The van der Waals surface area contributed by atoms with Crippen LogP contribution >= 0.6 is 0 Å². The molecule has 0 bridgehead atoms. The van der Waals surface area contributed by atoms with Gasteiger partial charge in [0.1, 0.15) is 0 Å². The number of hydrogen-bond donors (Lipinski definition) is 0. The van der Waals surface area contributed by atoms with Gasteiger partial charge in [0.15, 0.2) is 5.69 Å². The third kappa shape index (κ3) is 9.27. The molecule has 25 aromatic rings. The first-order valence-electron chi connectivity index (χ1n) is 40.0. The fourth-order valence-corrected chi connectivity index (χ4v) is 20.1. The lowest BCUT2D eigenvalue weighted by Crippen LogP contribution is -2.18. The van der Waals surface area contributed by atoms with E-state index in [1.165, 1.54) is 21.5 Å². The smallest absolute Gasteiger partial charge is 0.187 e. The highest BCUT2D eigenvalue weighted by Gasteiger charge is 2.37. The largest absolute Gasteiger partial charge is 0.309 e. The van der Waals surface area contributed by atoms with Crippen molar-refractivity contribution in [3.8, 4) is 73.2 Å². The summed E-state index contributed by atoms with van der Waals surface area (Å²) in [5.41, 5.74) is 28.7. The molecule has 0 saturated heterocycles. The molecule has 117 heavy (non-hydrogen) atoms. The molecule has 7 aromatic heterocycles. The van der Waals surface area contributed by atoms with Crippen LogP contribution in [-0.2, 0) is 0 Å². The van der Waals surface area contributed by atoms with Gasteiger partial charge in [0.05, 0.1) is 112 Å². The molecule has 18 aromatic carbocycles. The minimum atomic E-state index is 0.533. The van der Waals surface area contributed by atoms with Crippen molar-refractivity contribution in [2.45, 2.75) is 0 Å². The summed E-state index contributed by atoms with van der Waals surface area (Å²) in [6.07, 6.45) is 0. The molecule has 25 rings (SSSR count). The Morgan fingerprint density at radius 3 is 0.650 bits per heavy atom. The van der Waals surface area contributed by atoms with Crippen LogP contribution in [-0.4, -0.2) is 32.0 Å². The maximum absolute atomic E-state index is 9.02. The maximum Gasteiger partial charge on any atom is 0.187 e. The number of aromatic nitrogens is 7. The molecule has 8 nitrogen and oxygen atoms in total. The zero-order valence-electron chi connectivity index (χ0n) is 63.2. The van der Waals surface area contributed by atoms with Crippen molar-refractivity contribution in [1.29, 1.82) is 0 Å². The van der Waals surface area contributed by atoms with E-state index in [0.29, 0.717) is 5.69 Å². The molecule has 8 heteroatoms. The molecular weight excluding hydrogens is 1420 g/mol. The molecule has 542 valence electrons. The Kier molecular flexibility index (Phi) is 13.8. The topological polar surface area (TPSA) is 38.9 Å². The maximum atomic E-state index is 9.02. The van der Waals surface area contributed by atoms with E-state index in [0.717, 1.165) is 204 Å². The van der Waals surface area contributed by atoms with Crippen molar-refractivity contribution in [2.75, 3.05) is 0 Å². The van der Waals surface area contributed by atoms with Crippen molar-refractivity contribution in [3.05, 3.63) is 412 Å². The zero-order valence-corrected chi connectivity index (χ0v) is 63.2. The number of hydrogen-bond acceptors (Lipinski definition) is 0. The van der Waals surface area contributed by atoms with E-state index in [4.69, 9.17) is 6.57 Å². The minimum absolute atomic E-state index is 0.533. The molecule has 0 unspecified atom stereocenters. The molecule has 7 heterocycles. The van der Waals surface area contributed by atoms with Crippen molar-refractivity contribution in [3.63, 3.8) is 0 Å². The first kappa shape index (κ1) is 64.7. The molecule has 0 amide bonds. The van der Waals surface area contributed by atoms with Gasteiger partial charge in [-0.15, -0.1) is 0 Å². The van der Waals surface area contributed by atoms with Gasteiger partial charge in [-0.1, -0.05) is 261 Å². The number of benzene rings is 18.